The van der Waals surface area contributed by atoms with Crippen molar-refractivity contribution in [3.8, 4) is 0 Å². The molecule has 1 unspecified atom stereocenters. The average Bonchev–Trinajstić information content (AvgIpc) is 3.24. The third-order valence-electron chi connectivity index (χ3n) is 5.63. The number of hydrogen-bond acceptors (Lipinski definition) is 4. The Balaban J connectivity index is 1.40. The second-order valence-electron chi connectivity index (χ2n) is 7.31. The fourth-order valence-electron chi connectivity index (χ4n) is 4.08. The molecule has 1 spiro atoms. The molecule has 0 aliphatic carbocycles. The molecule has 2 aliphatic rings. The lowest BCUT2D eigenvalue weighted by atomic mass is 9.78. The van der Waals surface area contributed by atoms with Crippen LogP contribution >= 0.6 is 0 Å². The lowest BCUT2D eigenvalue weighted by Crippen LogP contribution is -2.60. The number of fused-ring (bicyclic) bond motifs is 1. The predicted molar refractivity (Wildman–Crippen MR) is 94.1 cm³/mol. The largest absolute Gasteiger partial charge is 0.358 e. The third-order valence-corrected chi connectivity index (χ3v) is 5.63. The number of aromatic amines is 1. The van der Waals surface area contributed by atoms with E-state index in [0.29, 0.717) is 5.56 Å². The number of carbonyl (C=O) groups is 2. The van der Waals surface area contributed by atoms with E-state index in [1.165, 1.54) is 0 Å². The number of aromatic nitrogens is 2. The van der Waals surface area contributed by atoms with Crippen molar-refractivity contribution in [2.45, 2.75) is 19.4 Å². The lowest BCUT2D eigenvalue weighted by Gasteiger charge is -2.48. The Hall–Kier alpha value is -2.41. The highest BCUT2D eigenvalue weighted by molar-refractivity contribution is 5.97. The Bertz CT molecular complexity index is 824. The molecule has 0 saturated carbocycles. The van der Waals surface area contributed by atoms with Crippen molar-refractivity contribution in [2.75, 3.05) is 33.2 Å². The first-order valence-electron chi connectivity index (χ1n) is 8.69. The molecule has 7 nitrogen and oxygen atoms in total. The van der Waals surface area contributed by atoms with Crippen molar-refractivity contribution < 1.29 is 9.59 Å². The van der Waals surface area contributed by atoms with E-state index in [1.807, 2.05) is 30.2 Å². The maximum Gasteiger partial charge on any atom is 0.255 e. The summed E-state index contributed by atoms with van der Waals surface area (Å²) in [7, 11) is 1.67. The van der Waals surface area contributed by atoms with E-state index in [-0.39, 0.29) is 23.3 Å². The molecule has 2 aliphatic heterocycles. The molecule has 0 aromatic carbocycles. The van der Waals surface area contributed by atoms with E-state index < -0.39 is 0 Å². The minimum absolute atomic E-state index is 0.0408. The highest BCUT2D eigenvalue weighted by atomic mass is 16.2. The van der Waals surface area contributed by atoms with Crippen LogP contribution in [0.25, 0.3) is 11.0 Å². The summed E-state index contributed by atoms with van der Waals surface area (Å²) in [4.78, 5) is 36.0. The summed E-state index contributed by atoms with van der Waals surface area (Å²) in [6, 6.07) is 3.70. The SMILES string of the molecule is CNC(=O)C(C)N1CCC2(CN(C(=O)c3cnc4[nH]ccc4c3)C2)C1. The molecular formula is C18H23N5O2. The quantitative estimate of drug-likeness (QED) is 0.867. The van der Waals surface area contributed by atoms with Crippen LogP contribution in [0.3, 0.4) is 0 Å². The normalized spacial score (nSPS) is 20.6. The van der Waals surface area contributed by atoms with Crippen LogP contribution in [0.5, 0.6) is 0 Å². The fourth-order valence-corrected chi connectivity index (χ4v) is 4.08. The molecule has 2 fully saturated rings. The van der Waals surface area contributed by atoms with Gasteiger partial charge in [-0.2, -0.15) is 0 Å². The van der Waals surface area contributed by atoms with Crippen LogP contribution in [0.1, 0.15) is 23.7 Å². The monoisotopic (exact) mass is 341 g/mol. The van der Waals surface area contributed by atoms with E-state index in [0.717, 1.165) is 43.6 Å². The van der Waals surface area contributed by atoms with Crippen molar-refractivity contribution in [1.29, 1.82) is 0 Å². The Labute approximate surface area is 146 Å². The van der Waals surface area contributed by atoms with Gasteiger partial charge in [0.15, 0.2) is 0 Å². The van der Waals surface area contributed by atoms with Gasteiger partial charge >= 0.3 is 0 Å². The Morgan fingerprint density at radius 2 is 2.16 bits per heavy atom. The number of H-pyrrole nitrogens is 1. The van der Waals surface area contributed by atoms with E-state index in [4.69, 9.17) is 0 Å². The molecule has 0 bridgehead atoms. The molecule has 4 rings (SSSR count). The molecule has 4 heterocycles. The summed E-state index contributed by atoms with van der Waals surface area (Å²) in [5.41, 5.74) is 1.57. The molecule has 2 aromatic rings. The number of carbonyl (C=O) groups excluding carboxylic acids is 2. The zero-order chi connectivity index (χ0) is 17.6. The van der Waals surface area contributed by atoms with Crippen molar-refractivity contribution in [1.82, 2.24) is 25.1 Å². The number of nitrogens with zero attached hydrogens (tertiary/aromatic N) is 3. The first-order chi connectivity index (χ1) is 12.0. The van der Waals surface area contributed by atoms with E-state index in [2.05, 4.69) is 20.2 Å². The third kappa shape index (κ3) is 2.68. The fraction of sp³-hybridized carbons (Fsp3) is 0.500. The van der Waals surface area contributed by atoms with Crippen LogP contribution in [0.2, 0.25) is 0 Å². The Morgan fingerprint density at radius 3 is 2.92 bits per heavy atom. The maximum atomic E-state index is 12.7. The van der Waals surface area contributed by atoms with Gasteiger partial charge in [0.25, 0.3) is 5.91 Å². The summed E-state index contributed by atoms with van der Waals surface area (Å²) in [6.45, 7) is 5.24. The van der Waals surface area contributed by atoms with Crippen molar-refractivity contribution in [3.05, 3.63) is 30.1 Å². The van der Waals surface area contributed by atoms with Crippen LogP contribution in [0.15, 0.2) is 24.5 Å². The average molecular weight is 341 g/mol. The minimum atomic E-state index is -0.116. The van der Waals surface area contributed by atoms with Gasteiger partial charge in [0.2, 0.25) is 5.91 Å². The first kappa shape index (κ1) is 16.1. The number of pyridine rings is 1. The summed E-state index contributed by atoms with van der Waals surface area (Å²) in [6.07, 6.45) is 4.50. The topological polar surface area (TPSA) is 81.3 Å². The lowest BCUT2D eigenvalue weighted by molar-refractivity contribution is -0.125. The van der Waals surface area contributed by atoms with Gasteiger partial charge in [-0.1, -0.05) is 0 Å². The van der Waals surface area contributed by atoms with Gasteiger partial charge in [0, 0.05) is 49.9 Å². The number of likely N-dealkylation sites (N-methyl/N-ethyl adjacent to an activating group) is 1. The van der Waals surface area contributed by atoms with Crippen LogP contribution in [-0.2, 0) is 4.79 Å². The highest BCUT2D eigenvalue weighted by Gasteiger charge is 2.50. The molecule has 132 valence electrons. The number of rotatable bonds is 3. The van der Waals surface area contributed by atoms with E-state index in [9.17, 15) is 9.59 Å². The van der Waals surface area contributed by atoms with Gasteiger partial charge in [-0.15, -0.1) is 0 Å². The van der Waals surface area contributed by atoms with Crippen LogP contribution in [0, 0.1) is 5.41 Å². The summed E-state index contributed by atoms with van der Waals surface area (Å²) in [5.74, 6) is 0.0919. The zero-order valence-electron chi connectivity index (χ0n) is 14.6. The molecule has 2 aromatic heterocycles. The molecule has 1 atom stereocenters. The van der Waals surface area contributed by atoms with Crippen molar-refractivity contribution in [3.63, 3.8) is 0 Å². The highest BCUT2D eigenvalue weighted by Crippen LogP contribution is 2.40. The Kier molecular flexibility index (Phi) is 3.76. The van der Waals surface area contributed by atoms with Gasteiger partial charge in [-0.05, 0) is 32.0 Å². The summed E-state index contributed by atoms with van der Waals surface area (Å²) in [5, 5.41) is 3.66. The van der Waals surface area contributed by atoms with Crippen molar-refractivity contribution >= 4 is 22.8 Å². The predicted octanol–water partition coefficient (Wildman–Crippen LogP) is 0.845. The maximum absolute atomic E-state index is 12.7. The molecular weight excluding hydrogens is 318 g/mol. The first-order valence-corrected chi connectivity index (χ1v) is 8.69. The van der Waals surface area contributed by atoms with Gasteiger partial charge in [0.05, 0.1) is 11.6 Å². The molecule has 25 heavy (non-hydrogen) atoms. The van der Waals surface area contributed by atoms with E-state index in [1.54, 1.807) is 13.2 Å². The van der Waals surface area contributed by atoms with Gasteiger partial charge in [-0.25, -0.2) is 4.98 Å². The molecule has 2 saturated heterocycles. The Morgan fingerprint density at radius 1 is 1.36 bits per heavy atom. The summed E-state index contributed by atoms with van der Waals surface area (Å²) < 4.78 is 0. The molecule has 7 heteroatoms. The molecule has 2 N–H and O–H groups in total. The standard InChI is InChI=1S/C18H23N5O2/c1-12(16(24)19-2)22-6-4-18(9-22)10-23(11-18)17(25)14-7-13-3-5-20-15(13)21-8-14/h3,5,7-8,12H,4,6,9-11H2,1-2H3,(H,19,24)(H,20,21). The minimum Gasteiger partial charge on any atom is -0.358 e. The smallest absolute Gasteiger partial charge is 0.255 e. The molecule has 2 amide bonds. The zero-order valence-corrected chi connectivity index (χ0v) is 14.6. The summed E-state index contributed by atoms with van der Waals surface area (Å²) >= 11 is 0. The van der Waals surface area contributed by atoms with E-state index >= 15 is 0 Å². The number of amides is 2. The second-order valence-corrected chi connectivity index (χ2v) is 7.31. The van der Waals surface area contributed by atoms with Gasteiger partial charge < -0.3 is 15.2 Å². The number of likely N-dealkylation sites (tertiary alicyclic amines) is 2. The second kappa shape index (κ2) is 5.84. The van der Waals surface area contributed by atoms with Crippen LogP contribution in [0.4, 0.5) is 0 Å². The van der Waals surface area contributed by atoms with Gasteiger partial charge in [-0.3, -0.25) is 14.5 Å². The van der Waals surface area contributed by atoms with Gasteiger partial charge in [0.1, 0.15) is 5.65 Å². The molecule has 0 radical (unpaired) electrons. The number of hydrogen-bond donors (Lipinski definition) is 2. The number of nitrogens with one attached hydrogen (secondary N) is 2. The van der Waals surface area contributed by atoms with Crippen molar-refractivity contribution in [2.24, 2.45) is 5.41 Å². The van der Waals surface area contributed by atoms with Crippen LogP contribution < -0.4 is 5.32 Å². The van der Waals surface area contributed by atoms with Crippen LogP contribution in [-0.4, -0.2) is 70.9 Å².